The maximum atomic E-state index is 13.9. The fourth-order valence-electron chi connectivity index (χ4n) is 3.06. The Balaban J connectivity index is 1.62. The lowest BCUT2D eigenvalue weighted by Crippen LogP contribution is -2.51. The molecule has 1 N–H and O–H groups in total. The molecule has 0 saturated carbocycles. The lowest BCUT2D eigenvalue weighted by molar-refractivity contribution is -0.143. The number of nitrogens with zero attached hydrogens (tertiary/aromatic N) is 2. The summed E-state index contributed by atoms with van der Waals surface area (Å²) in [5.41, 5.74) is 0.847. The average molecular weight is 385 g/mol. The highest BCUT2D eigenvalue weighted by Gasteiger charge is 2.27. The second-order valence-electron chi connectivity index (χ2n) is 6.22. The molecule has 146 valence electrons. The Morgan fingerprint density at radius 3 is 2.29 bits per heavy atom. The summed E-state index contributed by atoms with van der Waals surface area (Å²) in [5, 5.41) is 2.47. The van der Waals surface area contributed by atoms with Gasteiger partial charge in [0, 0.05) is 26.2 Å². The van der Waals surface area contributed by atoms with Crippen molar-refractivity contribution < 1.29 is 23.5 Å². The van der Waals surface area contributed by atoms with E-state index in [1.807, 2.05) is 4.90 Å². The molecule has 1 saturated heterocycles. The number of carbonyl (C=O) groups is 3. The summed E-state index contributed by atoms with van der Waals surface area (Å²) in [6.45, 7) is 1.41. The van der Waals surface area contributed by atoms with Crippen LogP contribution in [0.15, 0.2) is 48.5 Å². The van der Waals surface area contributed by atoms with Crippen molar-refractivity contribution in [3.63, 3.8) is 0 Å². The summed E-state index contributed by atoms with van der Waals surface area (Å²) in [5.74, 6) is -2.47. The molecule has 1 heterocycles. The first-order chi connectivity index (χ1) is 13.5. The highest BCUT2D eigenvalue weighted by molar-refractivity contribution is 6.39. The van der Waals surface area contributed by atoms with Crippen LogP contribution in [0.25, 0.3) is 0 Å². The maximum absolute atomic E-state index is 13.9. The van der Waals surface area contributed by atoms with Crippen LogP contribution in [0.4, 0.5) is 15.8 Å². The molecule has 8 heteroatoms. The van der Waals surface area contributed by atoms with Gasteiger partial charge in [-0.15, -0.1) is 0 Å². The number of hydrogen-bond donors (Lipinski definition) is 1. The smallest absolute Gasteiger partial charge is 0.339 e. The van der Waals surface area contributed by atoms with Gasteiger partial charge in [0.25, 0.3) is 0 Å². The molecule has 1 aliphatic rings. The molecule has 0 unspecified atom stereocenters. The van der Waals surface area contributed by atoms with Crippen LogP contribution in [0.5, 0.6) is 0 Å². The largest absolute Gasteiger partial charge is 0.465 e. The summed E-state index contributed by atoms with van der Waals surface area (Å²) in [6.07, 6.45) is 0. The molecular weight excluding hydrogens is 365 g/mol. The van der Waals surface area contributed by atoms with Crippen LogP contribution in [0, 0.1) is 5.82 Å². The molecule has 3 rings (SSSR count). The number of benzene rings is 2. The zero-order valence-corrected chi connectivity index (χ0v) is 15.4. The van der Waals surface area contributed by atoms with Crippen LogP contribution in [0.2, 0.25) is 0 Å². The van der Waals surface area contributed by atoms with Crippen LogP contribution in [-0.4, -0.2) is 56.0 Å². The van der Waals surface area contributed by atoms with Gasteiger partial charge in [-0.2, -0.15) is 0 Å². The molecule has 0 atom stereocenters. The van der Waals surface area contributed by atoms with Crippen LogP contribution in [0.1, 0.15) is 10.4 Å². The Morgan fingerprint density at radius 2 is 1.61 bits per heavy atom. The van der Waals surface area contributed by atoms with E-state index in [2.05, 4.69) is 10.1 Å². The highest BCUT2D eigenvalue weighted by atomic mass is 19.1. The molecule has 28 heavy (non-hydrogen) atoms. The number of amides is 2. The number of hydrogen-bond acceptors (Lipinski definition) is 5. The third kappa shape index (κ3) is 4.11. The van der Waals surface area contributed by atoms with E-state index in [4.69, 9.17) is 0 Å². The first-order valence-electron chi connectivity index (χ1n) is 8.78. The number of para-hydroxylation sites is 2. The van der Waals surface area contributed by atoms with Gasteiger partial charge >= 0.3 is 17.8 Å². The van der Waals surface area contributed by atoms with Gasteiger partial charge in [0.2, 0.25) is 0 Å². The first-order valence-corrected chi connectivity index (χ1v) is 8.78. The zero-order valence-electron chi connectivity index (χ0n) is 15.4. The molecule has 2 aromatic rings. The fourth-order valence-corrected chi connectivity index (χ4v) is 3.06. The number of piperazine rings is 1. The van der Waals surface area contributed by atoms with Crippen molar-refractivity contribution in [2.24, 2.45) is 0 Å². The lowest BCUT2D eigenvalue weighted by atomic mass is 10.1. The molecule has 1 fully saturated rings. The zero-order chi connectivity index (χ0) is 20.1. The van der Waals surface area contributed by atoms with E-state index in [0.29, 0.717) is 31.9 Å². The van der Waals surface area contributed by atoms with Crippen molar-refractivity contribution >= 4 is 29.2 Å². The van der Waals surface area contributed by atoms with E-state index in [-0.39, 0.29) is 17.1 Å². The number of anilines is 2. The lowest BCUT2D eigenvalue weighted by Gasteiger charge is -2.35. The third-order valence-corrected chi connectivity index (χ3v) is 4.53. The quantitative estimate of drug-likeness (QED) is 0.645. The molecule has 1 aliphatic heterocycles. The maximum Gasteiger partial charge on any atom is 0.339 e. The molecule has 0 aliphatic carbocycles. The minimum atomic E-state index is -0.837. The van der Waals surface area contributed by atoms with Crippen LogP contribution < -0.4 is 10.2 Å². The minimum Gasteiger partial charge on any atom is -0.465 e. The summed E-state index contributed by atoms with van der Waals surface area (Å²) < 4.78 is 18.6. The van der Waals surface area contributed by atoms with E-state index in [1.54, 1.807) is 30.3 Å². The number of carbonyl (C=O) groups excluding carboxylic acids is 3. The van der Waals surface area contributed by atoms with E-state index in [1.165, 1.54) is 30.2 Å². The molecule has 2 aromatic carbocycles. The third-order valence-electron chi connectivity index (χ3n) is 4.53. The van der Waals surface area contributed by atoms with Crippen molar-refractivity contribution in [3.8, 4) is 0 Å². The number of nitrogens with one attached hydrogen (secondary N) is 1. The van der Waals surface area contributed by atoms with E-state index in [9.17, 15) is 18.8 Å². The standard InChI is InChI=1S/C20H20FN3O4/c1-28-20(27)14-6-2-4-8-16(14)22-18(25)19(26)24-12-10-23(11-13-24)17-9-5-3-7-15(17)21/h2-9H,10-13H2,1H3,(H,22,25). The van der Waals surface area contributed by atoms with Crippen LogP contribution in [-0.2, 0) is 14.3 Å². The minimum absolute atomic E-state index is 0.163. The van der Waals surface area contributed by atoms with Crippen molar-refractivity contribution in [2.75, 3.05) is 43.5 Å². The van der Waals surface area contributed by atoms with E-state index < -0.39 is 17.8 Å². The molecule has 7 nitrogen and oxygen atoms in total. The van der Waals surface area contributed by atoms with E-state index in [0.717, 1.165) is 0 Å². The predicted molar refractivity (Wildman–Crippen MR) is 102 cm³/mol. The molecule has 0 spiro atoms. The monoisotopic (exact) mass is 385 g/mol. The van der Waals surface area contributed by atoms with Gasteiger partial charge in [-0.05, 0) is 24.3 Å². The van der Waals surface area contributed by atoms with Gasteiger partial charge in [-0.3, -0.25) is 9.59 Å². The van der Waals surface area contributed by atoms with Crippen LogP contribution >= 0.6 is 0 Å². The van der Waals surface area contributed by atoms with E-state index >= 15 is 0 Å². The van der Waals surface area contributed by atoms with Gasteiger partial charge in [-0.25, -0.2) is 9.18 Å². The Hall–Kier alpha value is -3.42. The van der Waals surface area contributed by atoms with Crippen molar-refractivity contribution in [1.82, 2.24) is 4.90 Å². The van der Waals surface area contributed by atoms with Gasteiger partial charge in [0.15, 0.2) is 0 Å². The summed E-state index contributed by atoms with van der Waals surface area (Å²) in [6, 6.07) is 12.7. The van der Waals surface area contributed by atoms with Crippen molar-refractivity contribution in [2.45, 2.75) is 0 Å². The SMILES string of the molecule is COC(=O)c1ccccc1NC(=O)C(=O)N1CCN(c2ccccc2F)CC1. The second-order valence-corrected chi connectivity index (χ2v) is 6.22. The summed E-state index contributed by atoms with van der Waals surface area (Å²) >= 11 is 0. The summed E-state index contributed by atoms with van der Waals surface area (Å²) in [7, 11) is 1.24. The summed E-state index contributed by atoms with van der Waals surface area (Å²) in [4.78, 5) is 39.8. The van der Waals surface area contributed by atoms with Gasteiger partial charge < -0.3 is 19.9 Å². The Labute approximate surface area is 161 Å². The van der Waals surface area contributed by atoms with Gasteiger partial charge in [0.05, 0.1) is 24.0 Å². The second kappa shape index (κ2) is 8.51. The predicted octanol–water partition coefficient (Wildman–Crippen LogP) is 1.90. The van der Waals surface area contributed by atoms with Gasteiger partial charge in [0.1, 0.15) is 5.82 Å². The van der Waals surface area contributed by atoms with Crippen molar-refractivity contribution in [1.29, 1.82) is 0 Å². The molecule has 2 amide bonds. The first kappa shape index (κ1) is 19.3. The Bertz CT molecular complexity index is 895. The fraction of sp³-hybridized carbons (Fsp3) is 0.250. The molecule has 0 radical (unpaired) electrons. The number of halogens is 1. The molecule has 0 aromatic heterocycles. The Kier molecular flexibility index (Phi) is 5.88. The molecule has 0 bridgehead atoms. The normalized spacial score (nSPS) is 13.8. The highest BCUT2D eigenvalue weighted by Crippen LogP contribution is 2.20. The number of methoxy groups -OCH3 is 1. The molecular formula is C20H20FN3O4. The number of esters is 1. The van der Waals surface area contributed by atoms with Crippen molar-refractivity contribution in [3.05, 3.63) is 59.9 Å². The number of ether oxygens (including phenoxy) is 1. The van der Waals surface area contributed by atoms with Crippen LogP contribution in [0.3, 0.4) is 0 Å². The average Bonchev–Trinajstić information content (AvgIpc) is 2.73. The number of rotatable bonds is 3. The Morgan fingerprint density at radius 1 is 0.964 bits per heavy atom. The topological polar surface area (TPSA) is 78.9 Å². The van der Waals surface area contributed by atoms with Gasteiger partial charge in [-0.1, -0.05) is 24.3 Å².